The minimum atomic E-state index is -0.140. The summed E-state index contributed by atoms with van der Waals surface area (Å²) in [5.41, 5.74) is 7.05. The lowest BCUT2D eigenvalue weighted by Crippen LogP contribution is -2.48. The number of hydrogen-bond donors (Lipinski definition) is 1. The van der Waals surface area contributed by atoms with Crippen LogP contribution in [0.1, 0.15) is 24.4 Å². The average Bonchev–Trinajstić information content (AvgIpc) is 2.97. The first-order valence-electron chi connectivity index (χ1n) is 7.54. The van der Waals surface area contributed by atoms with E-state index in [1.54, 1.807) is 35.2 Å². The van der Waals surface area contributed by atoms with Gasteiger partial charge >= 0.3 is 0 Å². The molecule has 0 radical (unpaired) electrons. The largest absolute Gasteiger partial charge is 0.451 e. The van der Waals surface area contributed by atoms with Gasteiger partial charge in [0.1, 0.15) is 5.76 Å². The molecule has 0 unspecified atom stereocenters. The summed E-state index contributed by atoms with van der Waals surface area (Å²) in [7, 11) is 0. The monoisotopic (exact) mass is 334 g/mol. The number of hydrogen-bond acceptors (Lipinski definition) is 4. The van der Waals surface area contributed by atoms with E-state index < -0.39 is 0 Å². The Labute approximate surface area is 140 Å². The summed E-state index contributed by atoms with van der Waals surface area (Å²) in [6.45, 7) is 5.02. The zero-order valence-electron chi connectivity index (χ0n) is 13.1. The van der Waals surface area contributed by atoms with Crippen LogP contribution >= 0.6 is 11.6 Å². The van der Waals surface area contributed by atoms with E-state index in [0.29, 0.717) is 40.9 Å². The van der Waals surface area contributed by atoms with Crippen LogP contribution in [0.15, 0.2) is 34.7 Å². The van der Waals surface area contributed by atoms with Crippen molar-refractivity contribution in [3.05, 3.63) is 41.1 Å². The first-order valence-corrected chi connectivity index (χ1v) is 7.92. The number of anilines is 1. The highest BCUT2D eigenvalue weighted by molar-refractivity contribution is 6.33. The number of nitrogens with two attached hydrogens (primary N) is 1. The molecule has 0 spiro atoms. The zero-order valence-corrected chi connectivity index (χ0v) is 13.8. The summed E-state index contributed by atoms with van der Waals surface area (Å²) < 4.78 is 11.4. The highest BCUT2D eigenvalue weighted by Gasteiger charge is 2.28. The Balaban J connectivity index is 1.84. The molecule has 0 aliphatic carbocycles. The van der Waals surface area contributed by atoms with Crippen molar-refractivity contribution in [1.82, 2.24) is 4.90 Å². The molecule has 3 rings (SSSR count). The van der Waals surface area contributed by atoms with E-state index in [-0.39, 0.29) is 18.1 Å². The summed E-state index contributed by atoms with van der Waals surface area (Å²) in [5, 5.41) is 0.529. The molecule has 1 aromatic carbocycles. The Morgan fingerprint density at radius 3 is 2.61 bits per heavy atom. The van der Waals surface area contributed by atoms with E-state index in [1.807, 2.05) is 13.8 Å². The highest BCUT2D eigenvalue weighted by Crippen LogP contribution is 2.31. The maximum Gasteiger partial charge on any atom is 0.289 e. The average molecular weight is 335 g/mol. The fourth-order valence-electron chi connectivity index (χ4n) is 2.83. The van der Waals surface area contributed by atoms with Gasteiger partial charge in [-0.3, -0.25) is 4.79 Å². The molecule has 2 atom stereocenters. The SMILES string of the molecule is C[C@H]1CN(C(=O)c2ccc(-c3cc(N)ccc3Cl)o2)C[C@H](C)O1. The second-order valence-electron chi connectivity index (χ2n) is 5.87. The van der Waals surface area contributed by atoms with Crippen LogP contribution in [0.2, 0.25) is 5.02 Å². The van der Waals surface area contributed by atoms with E-state index in [1.165, 1.54) is 0 Å². The van der Waals surface area contributed by atoms with Crippen LogP contribution < -0.4 is 5.73 Å². The molecule has 0 bridgehead atoms. The van der Waals surface area contributed by atoms with Gasteiger partial charge in [-0.05, 0) is 44.2 Å². The van der Waals surface area contributed by atoms with Crippen molar-refractivity contribution in [3.63, 3.8) is 0 Å². The standard InChI is InChI=1S/C17H19ClN2O3/c1-10-8-20(9-11(2)22-10)17(21)16-6-5-15(23-16)13-7-12(19)3-4-14(13)18/h3-7,10-11H,8-9,19H2,1-2H3/t10-,11-/m0/s1. The van der Waals surface area contributed by atoms with Crippen molar-refractivity contribution in [3.8, 4) is 11.3 Å². The van der Waals surface area contributed by atoms with Crippen molar-refractivity contribution >= 4 is 23.2 Å². The molecule has 1 aromatic heterocycles. The number of furan rings is 1. The molecule has 1 amide bonds. The van der Waals surface area contributed by atoms with Crippen molar-refractivity contribution < 1.29 is 13.9 Å². The van der Waals surface area contributed by atoms with Gasteiger partial charge in [-0.2, -0.15) is 0 Å². The smallest absolute Gasteiger partial charge is 0.289 e. The summed E-state index contributed by atoms with van der Waals surface area (Å²) >= 11 is 6.18. The topological polar surface area (TPSA) is 68.7 Å². The maximum absolute atomic E-state index is 12.6. The molecular formula is C17H19ClN2O3. The Bertz CT molecular complexity index is 718. The Morgan fingerprint density at radius 1 is 1.22 bits per heavy atom. The van der Waals surface area contributed by atoms with E-state index in [0.717, 1.165) is 0 Å². The van der Waals surface area contributed by atoms with Crippen LogP contribution in [0.4, 0.5) is 5.69 Å². The lowest BCUT2D eigenvalue weighted by atomic mass is 10.1. The quantitative estimate of drug-likeness (QED) is 0.854. The van der Waals surface area contributed by atoms with Gasteiger partial charge in [0.15, 0.2) is 5.76 Å². The number of halogens is 1. The maximum atomic E-state index is 12.6. The Hall–Kier alpha value is -1.98. The number of nitrogen functional groups attached to an aromatic ring is 1. The van der Waals surface area contributed by atoms with E-state index in [4.69, 9.17) is 26.5 Å². The lowest BCUT2D eigenvalue weighted by molar-refractivity contribution is -0.0592. The third kappa shape index (κ3) is 3.35. The van der Waals surface area contributed by atoms with E-state index in [2.05, 4.69) is 0 Å². The van der Waals surface area contributed by atoms with Crippen molar-refractivity contribution in [1.29, 1.82) is 0 Å². The Kier molecular flexibility index (Phi) is 4.33. The van der Waals surface area contributed by atoms with Crippen LogP contribution in [-0.4, -0.2) is 36.1 Å². The summed E-state index contributed by atoms with van der Waals surface area (Å²) in [4.78, 5) is 14.4. The van der Waals surface area contributed by atoms with Crippen molar-refractivity contribution in [2.45, 2.75) is 26.1 Å². The van der Waals surface area contributed by atoms with Gasteiger partial charge < -0.3 is 19.8 Å². The molecular weight excluding hydrogens is 316 g/mol. The van der Waals surface area contributed by atoms with Crippen molar-refractivity contribution in [2.24, 2.45) is 0 Å². The van der Waals surface area contributed by atoms with Gasteiger partial charge in [0.25, 0.3) is 5.91 Å². The van der Waals surface area contributed by atoms with Gasteiger partial charge in [-0.15, -0.1) is 0 Å². The first kappa shape index (κ1) is 15.9. The molecule has 122 valence electrons. The number of carbonyl (C=O) groups is 1. The van der Waals surface area contributed by atoms with Crippen LogP contribution in [0.5, 0.6) is 0 Å². The van der Waals surface area contributed by atoms with Crippen LogP contribution in [0, 0.1) is 0 Å². The van der Waals surface area contributed by atoms with Gasteiger partial charge in [-0.1, -0.05) is 11.6 Å². The third-order valence-electron chi connectivity index (χ3n) is 3.78. The number of ether oxygens (including phenoxy) is 1. The van der Waals surface area contributed by atoms with Crippen molar-refractivity contribution in [2.75, 3.05) is 18.8 Å². The van der Waals surface area contributed by atoms with Gasteiger partial charge in [0.2, 0.25) is 0 Å². The van der Waals surface area contributed by atoms with Crippen LogP contribution in [0.25, 0.3) is 11.3 Å². The fraction of sp³-hybridized carbons (Fsp3) is 0.353. The second kappa shape index (κ2) is 6.26. The molecule has 2 aromatic rings. The third-order valence-corrected chi connectivity index (χ3v) is 4.11. The predicted molar refractivity (Wildman–Crippen MR) is 89.5 cm³/mol. The predicted octanol–water partition coefficient (Wildman–Crippen LogP) is 3.43. The van der Waals surface area contributed by atoms with E-state index >= 15 is 0 Å². The molecule has 1 aliphatic rings. The number of benzene rings is 1. The van der Waals surface area contributed by atoms with Gasteiger partial charge in [0, 0.05) is 24.3 Å². The number of nitrogens with zero attached hydrogens (tertiary/aromatic N) is 1. The number of rotatable bonds is 2. The van der Waals surface area contributed by atoms with Crippen LogP contribution in [0.3, 0.4) is 0 Å². The number of amides is 1. The fourth-order valence-corrected chi connectivity index (χ4v) is 3.04. The minimum Gasteiger partial charge on any atom is -0.451 e. The molecule has 1 saturated heterocycles. The molecule has 2 N–H and O–H groups in total. The molecule has 23 heavy (non-hydrogen) atoms. The first-order chi connectivity index (χ1) is 10.9. The molecule has 1 aliphatic heterocycles. The zero-order chi connectivity index (χ0) is 16.6. The molecule has 1 fully saturated rings. The van der Waals surface area contributed by atoms with Crippen LogP contribution in [-0.2, 0) is 4.74 Å². The highest BCUT2D eigenvalue weighted by atomic mass is 35.5. The molecule has 5 nitrogen and oxygen atoms in total. The summed E-state index contributed by atoms with van der Waals surface area (Å²) in [6.07, 6.45) is 0.0287. The second-order valence-corrected chi connectivity index (χ2v) is 6.28. The van der Waals surface area contributed by atoms with E-state index in [9.17, 15) is 4.79 Å². The lowest BCUT2D eigenvalue weighted by Gasteiger charge is -2.34. The van der Waals surface area contributed by atoms with Gasteiger partial charge in [0.05, 0.1) is 17.2 Å². The summed E-state index contributed by atoms with van der Waals surface area (Å²) in [5.74, 6) is 0.679. The minimum absolute atomic E-state index is 0.0144. The number of carbonyl (C=O) groups excluding carboxylic acids is 1. The number of morpholine rings is 1. The van der Waals surface area contributed by atoms with Gasteiger partial charge in [-0.25, -0.2) is 0 Å². The molecule has 0 saturated carbocycles. The molecule has 2 heterocycles. The normalized spacial score (nSPS) is 21.4. The summed E-state index contributed by atoms with van der Waals surface area (Å²) in [6, 6.07) is 8.57. The Morgan fingerprint density at radius 2 is 1.91 bits per heavy atom. The molecule has 6 heteroatoms.